The lowest BCUT2D eigenvalue weighted by Gasteiger charge is -2.32. The fourth-order valence-electron chi connectivity index (χ4n) is 4.66. The Bertz CT molecular complexity index is 1410. The summed E-state index contributed by atoms with van der Waals surface area (Å²) in [4.78, 5) is 30.1. The molecule has 2 aromatic carbocycles. The van der Waals surface area contributed by atoms with Gasteiger partial charge >= 0.3 is 5.69 Å². The predicted octanol–water partition coefficient (Wildman–Crippen LogP) is 4.41. The van der Waals surface area contributed by atoms with Gasteiger partial charge in [-0.05, 0) is 43.5 Å². The number of H-pyrrole nitrogens is 1. The van der Waals surface area contributed by atoms with Gasteiger partial charge in [0.2, 0.25) is 5.91 Å². The number of carbonyl (C=O) groups is 1. The largest absolute Gasteiger partial charge is 0.339 e. The zero-order valence-electron chi connectivity index (χ0n) is 18.9. The van der Waals surface area contributed by atoms with Crippen LogP contribution >= 0.6 is 11.6 Å². The van der Waals surface area contributed by atoms with Gasteiger partial charge in [-0.1, -0.05) is 54.1 Å². The fraction of sp³-hybridized carbons (Fsp3) is 0.269. The molecule has 0 unspecified atom stereocenters. The molecule has 0 saturated carbocycles. The number of hydrogen-bond acceptors (Lipinski definition) is 3. The first-order valence-electron chi connectivity index (χ1n) is 11.4. The number of imidazole rings is 1. The first-order valence-corrected chi connectivity index (χ1v) is 11.8. The lowest BCUT2D eigenvalue weighted by Crippen LogP contribution is -2.39. The van der Waals surface area contributed by atoms with Crippen molar-refractivity contribution in [3.63, 3.8) is 0 Å². The van der Waals surface area contributed by atoms with E-state index in [0.717, 1.165) is 40.7 Å². The Morgan fingerprint density at radius 3 is 2.59 bits per heavy atom. The monoisotopic (exact) mass is 475 g/mol. The first kappa shape index (κ1) is 22.2. The number of carbonyl (C=O) groups excluding carboxylic acids is 1. The molecule has 3 heterocycles. The minimum absolute atomic E-state index is 0.0593. The Morgan fingerprint density at radius 2 is 1.82 bits per heavy atom. The third kappa shape index (κ3) is 4.31. The van der Waals surface area contributed by atoms with Crippen LogP contribution in [0.25, 0.3) is 17.1 Å². The maximum absolute atomic E-state index is 12.9. The first-order chi connectivity index (χ1) is 16.5. The van der Waals surface area contributed by atoms with Gasteiger partial charge in [-0.3, -0.25) is 9.36 Å². The maximum atomic E-state index is 12.9. The number of aryl methyl sites for hydroxylation is 1. The Labute approximate surface area is 202 Å². The van der Waals surface area contributed by atoms with Crippen molar-refractivity contribution < 1.29 is 4.79 Å². The van der Waals surface area contributed by atoms with Crippen LogP contribution in [0.5, 0.6) is 0 Å². The van der Waals surface area contributed by atoms with Crippen LogP contribution in [0.1, 0.15) is 35.7 Å². The molecule has 1 saturated heterocycles. The molecule has 0 bridgehead atoms. The van der Waals surface area contributed by atoms with Crippen molar-refractivity contribution in [1.29, 1.82) is 0 Å². The van der Waals surface area contributed by atoms with E-state index in [9.17, 15) is 9.59 Å². The van der Waals surface area contributed by atoms with E-state index in [1.165, 1.54) is 0 Å². The highest BCUT2D eigenvalue weighted by Gasteiger charge is 2.25. The van der Waals surface area contributed by atoms with Crippen LogP contribution in [0.15, 0.2) is 65.5 Å². The summed E-state index contributed by atoms with van der Waals surface area (Å²) in [6.07, 6.45) is 4.79. The number of hydrogen-bond donors (Lipinski definition) is 1. The summed E-state index contributed by atoms with van der Waals surface area (Å²) in [6.45, 7) is 3.66. The van der Waals surface area contributed by atoms with Gasteiger partial charge in [-0.25, -0.2) is 9.48 Å². The summed E-state index contributed by atoms with van der Waals surface area (Å²) < 4.78 is 3.58. The number of aromatic nitrogens is 4. The molecule has 1 aliphatic heterocycles. The summed E-state index contributed by atoms with van der Waals surface area (Å²) in [7, 11) is 0. The van der Waals surface area contributed by atoms with Crippen molar-refractivity contribution in [2.45, 2.75) is 32.4 Å². The number of likely N-dealkylation sites (tertiary alicyclic amines) is 1. The third-order valence-corrected chi connectivity index (χ3v) is 6.84. The van der Waals surface area contributed by atoms with Crippen molar-refractivity contribution >= 4 is 34.6 Å². The second kappa shape index (κ2) is 9.35. The number of fused-ring (bicyclic) bond motifs is 1. The molecule has 8 heteroatoms. The number of benzene rings is 2. The van der Waals surface area contributed by atoms with Gasteiger partial charge in [0, 0.05) is 30.8 Å². The highest BCUT2D eigenvalue weighted by molar-refractivity contribution is 6.31. The zero-order chi connectivity index (χ0) is 23.7. The molecule has 4 aromatic rings. The van der Waals surface area contributed by atoms with E-state index in [4.69, 9.17) is 11.6 Å². The van der Waals surface area contributed by atoms with Crippen molar-refractivity contribution in [1.82, 2.24) is 24.2 Å². The molecule has 1 amide bonds. The molecule has 1 fully saturated rings. The second-order valence-corrected chi connectivity index (χ2v) is 9.00. The SMILES string of the molecule is Cc1nn(Cc2ccccc2)c(Cl)c1/C=C/C(=O)N1CCC(n2c(=O)[nH]c3ccccc32)CC1. The maximum Gasteiger partial charge on any atom is 0.326 e. The normalized spacial score (nSPS) is 14.9. The fourth-order valence-corrected chi connectivity index (χ4v) is 4.96. The molecule has 2 aromatic heterocycles. The Hall–Kier alpha value is -3.58. The zero-order valence-corrected chi connectivity index (χ0v) is 19.7. The number of piperidine rings is 1. The van der Waals surface area contributed by atoms with Crippen molar-refractivity contribution in [3.8, 4) is 0 Å². The van der Waals surface area contributed by atoms with Crippen LogP contribution in [0, 0.1) is 6.92 Å². The van der Waals surface area contributed by atoms with Crippen LogP contribution in [-0.2, 0) is 11.3 Å². The van der Waals surface area contributed by atoms with E-state index in [1.807, 2.05) is 71.0 Å². The number of para-hydroxylation sites is 2. The molecule has 1 aliphatic rings. The molecule has 7 nitrogen and oxygen atoms in total. The van der Waals surface area contributed by atoms with Crippen LogP contribution < -0.4 is 5.69 Å². The van der Waals surface area contributed by atoms with E-state index >= 15 is 0 Å². The Morgan fingerprint density at radius 1 is 1.12 bits per heavy atom. The van der Waals surface area contributed by atoms with Gasteiger partial charge in [-0.2, -0.15) is 5.10 Å². The summed E-state index contributed by atoms with van der Waals surface area (Å²) in [5.41, 5.74) is 4.30. The van der Waals surface area contributed by atoms with Gasteiger partial charge < -0.3 is 9.88 Å². The van der Waals surface area contributed by atoms with E-state index in [2.05, 4.69) is 10.1 Å². The minimum Gasteiger partial charge on any atom is -0.339 e. The smallest absolute Gasteiger partial charge is 0.326 e. The van der Waals surface area contributed by atoms with Crippen LogP contribution in [0.4, 0.5) is 0 Å². The standard InChI is InChI=1S/C26H26ClN5O2/c1-18-21(25(27)31(29-18)17-19-7-3-2-4-8-19)11-12-24(33)30-15-13-20(14-16-30)32-23-10-6-5-9-22(23)28-26(32)34/h2-12,20H,13-17H2,1H3,(H,28,34)/b12-11+. The number of aromatic amines is 1. The molecule has 1 N–H and O–H groups in total. The second-order valence-electron chi connectivity index (χ2n) is 8.64. The Kier molecular flexibility index (Phi) is 6.11. The number of nitrogens with one attached hydrogen (secondary N) is 1. The molecule has 0 radical (unpaired) electrons. The molecule has 0 atom stereocenters. The number of rotatable bonds is 5. The Balaban J connectivity index is 1.25. The average molecular weight is 476 g/mol. The summed E-state index contributed by atoms with van der Waals surface area (Å²) >= 11 is 6.58. The minimum atomic E-state index is -0.0940. The lowest BCUT2D eigenvalue weighted by molar-refractivity contribution is -0.127. The van der Waals surface area contributed by atoms with Gasteiger partial charge in [0.1, 0.15) is 5.15 Å². The van der Waals surface area contributed by atoms with E-state index < -0.39 is 0 Å². The van der Waals surface area contributed by atoms with E-state index in [0.29, 0.717) is 24.8 Å². The van der Waals surface area contributed by atoms with Crippen LogP contribution in [0.2, 0.25) is 5.15 Å². The summed E-state index contributed by atoms with van der Waals surface area (Å²) in [5.74, 6) is -0.0593. The summed E-state index contributed by atoms with van der Waals surface area (Å²) in [6, 6.07) is 17.8. The molecule has 34 heavy (non-hydrogen) atoms. The van der Waals surface area contributed by atoms with Gasteiger partial charge in [0.25, 0.3) is 0 Å². The molecular weight excluding hydrogens is 450 g/mol. The van der Waals surface area contributed by atoms with Gasteiger partial charge in [0.05, 0.1) is 23.3 Å². The van der Waals surface area contributed by atoms with Crippen molar-refractivity contribution in [2.75, 3.05) is 13.1 Å². The molecule has 0 spiro atoms. The van der Waals surface area contributed by atoms with E-state index in [1.54, 1.807) is 16.8 Å². The highest BCUT2D eigenvalue weighted by Crippen LogP contribution is 2.26. The highest BCUT2D eigenvalue weighted by atomic mass is 35.5. The lowest BCUT2D eigenvalue weighted by atomic mass is 10.0. The summed E-state index contributed by atoms with van der Waals surface area (Å²) in [5, 5.41) is 5.06. The third-order valence-electron chi connectivity index (χ3n) is 6.44. The van der Waals surface area contributed by atoms with Crippen molar-refractivity contribution in [3.05, 3.63) is 93.1 Å². The van der Waals surface area contributed by atoms with Gasteiger partial charge in [0.15, 0.2) is 0 Å². The molecular formula is C26H26ClN5O2. The topological polar surface area (TPSA) is 75.9 Å². The molecule has 0 aliphatic carbocycles. The van der Waals surface area contributed by atoms with E-state index in [-0.39, 0.29) is 17.6 Å². The van der Waals surface area contributed by atoms with Crippen molar-refractivity contribution in [2.24, 2.45) is 0 Å². The predicted molar refractivity (Wildman–Crippen MR) is 134 cm³/mol. The molecule has 5 rings (SSSR count). The number of nitrogens with zero attached hydrogens (tertiary/aromatic N) is 4. The quantitative estimate of drug-likeness (QED) is 0.434. The van der Waals surface area contributed by atoms with Crippen LogP contribution in [-0.4, -0.2) is 43.2 Å². The average Bonchev–Trinajstić information content (AvgIpc) is 3.32. The number of halogens is 1. The van der Waals surface area contributed by atoms with Crippen LogP contribution in [0.3, 0.4) is 0 Å². The molecule has 174 valence electrons. The number of amides is 1. The van der Waals surface area contributed by atoms with Gasteiger partial charge in [-0.15, -0.1) is 0 Å².